The van der Waals surface area contributed by atoms with Crippen molar-refractivity contribution in [3.8, 4) is 5.75 Å². The molecule has 0 unspecified atom stereocenters. The Morgan fingerprint density at radius 2 is 1.88 bits per heavy atom. The van der Waals surface area contributed by atoms with Crippen LogP contribution in [0.1, 0.15) is 12.5 Å². The number of nitrogens with zero attached hydrogens (tertiary/aromatic N) is 3. The van der Waals surface area contributed by atoms with Crippen molar-refractivity contribution in [3.05, 3.63) is 64.4 Å². The van der Waals surface area contributed by atoms with Gasteiger partial charge < -0.3 is 9.47 Å². The fraction of sp³-hybridized carbons (Fsp3) is 0.222. The number of carbonyl (C=O) groups is 1. The van der Waals surface area contributed by atoms with Gasteiger partial charge in [0, 0.05) is 0 Å². The second-order valence-electron chi connectivity index (χ2n) is 5.31. The van der Waals surface area contributed by atoms with Crippen molar-refractivity contribution in [1.29, 1.82) is 0 Å². The molecule has 0 radical (unpaired) electrons. The highest BCUT2D eigenvalue weighted by molar-refractivity contribution is 5.76. The third-order valence-corrected chi connectivity index (χ3v) is 3.68. The standard InChI is InChI=1S/C18H17N3O4/c1-2-13-7-3-6-10-16(13)24-11-17(22)25-12-21-18(23)14-8-4-5-9-15(14)19-20-21/h3-10H,2,11-12H2,1H3. The maximum atomic E-state index is 12.2. The van der Waals surface area contributed by atoms with Gasteiger partial charge in [0.25, 0.3) is 5.56 Å². The Kier molecular flexibility index (Phi) is 5.03. The van der Waals surface area contributed by atoms with Gasteiger partial charge in [-0.15, -0.1) is 5.10 Å². The van der Waals surface area contributed by atoms with Crippen LogP contribution in [0.15, 0.2) is 53.3 Å². The predicted molar refractivity (Wildman–Crippen MR) is 91.2 cm³/mol. The lowest BCUT2D eigenvalue weighted by Crippen LogP contribution is -2.27. The summed E-state index contributed by atoms with van der Waals surface area (Å²) >= 11 is 0. The highest BCUT2D eigenvalue weighted by atomic mass is 16.6. The fourth-order valence-corrected chi connectivity index (χ4v) is 2.36. The number of esters is 1. The van der Waals surface area contributed by atoms with Crippen molar-refractivity contribution in [2.75, 3.05) is 6.61 Å². The van der Waals surface area contributed by atoms with E-state index in [4.69, 9.17) is 9.47 Å². The lowest BCUT2D eigenvalue weighted by Gasteiger charge is -2.10. The number of rotatable bonds is 6. The van der Waals surface area contributed by atoms with Gasteiger partial charge in [0.05, 0.1) is 5.39 Å². The van der Waals surface area contributed by atoms with Crippen molar-refractivity contribution < 1.29 is 14.3 Å². The zero-order valence-corrected chi connectivity index (χ0v) is 13.7. The minimum absolute atomic E-state index is 0.243. The third kappa shape index (κ3) is 3.82. The number of aromatic nitrogens is 3. The first-order valence-electron chi connectivity index (χ1n) is 7.88. The average Bonchev–Trinajstić information content (AvgIpc) is 2.66. The molecule has 0 aliphatic carbocycles. The summed E-state index contributed by atoms with van der Waals surface area (Å²) in [6.45, 7) is 1.45. The molecule has 0 aliphatic heterocycles. The molecule has 0 amide bonds. The van der Waals surface area contributed by atoms with Crippen LogP contribution in [0.3, 0.4) is 0 Å². The molecule has 0 atom stereocenters. The minimum Gasteiger partial charge on any atom is -0.482 e. The summed E-state index contributed by atoms with van der Waals surface area (Å²) in [5, 5.41) is 8.10. The lowest BCUT2D eigenvalue weighted by atomic mass is 10.1. The first kappa shape index (κ1) is 16.6. The van der Waals surface area contributed by atoms with Gasteiger partial charge >= 0.3 is 5.97 Å². The van der Waals surface area contributed by atoms with E-state index < -0.39 is 5.97 Å². The number of hydrogen-bond acceptors (Lipinski definition) is 6. The number of benzene rings is 2. The summed E-state index contributed by atoms with van der Waals surface area (Å²) in [5.41, 5.74) is 1.14. The molecule has 7 heteroatoms. The van der Waals surface area contributed by atoms with E-state index in [9.17, 15) is 9.59 Å². The quantitative estimate of drug-likeness (QED) is 0.638. The molecule has 0 bridgehead atoms. The van der Waals surface area contributed by atoms with Crippen LogP contribution in [-0.2, 0) is 22.7 Å². The van der Waals surface area contributed by atoms with Crippen LogP contribution in [0.25, 0.3) is 10.9 Å². The SMILES string of the molecule is CCc1ccccc1OCC(=O)OCn1nnc2ccccc2c1=O. The average molecular weight is 339 g/mol. The topological polar surface area (TPSA) is 83.3 Å². The van der Waals surface area contributed by atoms with E-state index >= 15 is 0 Å². The van der Waals surface area contributed by atoms with E-state index in [1.165, 1.54) is 0 Å². The molecule has 128 valence electrons. The molecule has 0 saturated heterocycles. The van der Waals surface area contributed by atoms with Crippen molar-refractivity contribution in [2.45, 2.75) is 20.1 Å². The number of hydrogen-bond donors (Lipinski definition) is 0. The minimum atomic E-state index is -0.590. The van der Waals surface area contributed by atoms with Crippen molar-refractivity contribution in [2.24, 2.45) is 0 Å². The summed E-state index contributed by atoms with van der Waals surface area (Å²) in [4.78, 5) is 24.1. The van der Waals surface area contributed by atoms with Gasteiger partial charge in [0.2, 0.25) is 0 Å². The zero-order valence-electron chi connectivity index (χ0n) is 13.7. The smallest absolute Gasteiger partial charge is 0.345 e. The molecule has 0 saturated carbocycles. The highest BCUT2D eigenvalue weighted by Crippen LogP contribution is 2.18. The summed E-state index contributed by atoms with van der Waals surface area (Å²) < 4.78 is 11.5. The second-order valence-corrected chi connectivity index (χ2v) is 5.31. The molecule has 0 aliphatic rings. The number of aryl methyl sites for hydroxylation is 1. The Balaban J connectivity index is 1.61. The predicted octanol–water partition coefficient (Wildman–Crippen LogP) is 1.93. The normalized spacial score (nSPS) is 10.6. The van der Waals surface area contributed by atoms with Crippen molar-refractivity contribution in [3.63, 3.8) is 0 Å². The van der Waals surface area contributed by atoms with Crippen LogP contribution < -0.4 is 10.3 Å². The van der Waals surface area contributed by atoms with Crippen LogP contribution in [0.2, 0.25) is 0 Å². The van der Waals surface area contributed by atoms with Gasteiger partial charge in [-0.3, -0.25) is 4.79 Å². The Morgan fingerprint density at radius 3 is 2.72 bits per heavy atom. The van der Waals surface area contributed by atoms with E-state index in [1.54, 1.807) is 30.3 Å². The molecule has 0 N–H and O–H groups in total. The van der Waals surface area contributed by atoms with Crippen molar-refractivity contribution in [1.82, 2.24) is 15.0 Å². The molecule has 1 aromatic heterocycles. The summed E-state index contributed by atoms with van der Waals surface area (Å²) in [6, 6.07) is 14.3. The number of fused-ring (bicyclic) bond motifs is 1. The molecule has 25 heavy (non-hydrogen) atoms. The van der Waals surface area contributed by atoms with Gasteiger partial charge in [-0.1, -0.05) is 42.5 Å². The van der Waals surface area contributed by atoms with E-state index in [0.717, 1.165) is 16.7 Å². The Hall–Kier alpha value is -3.22. The zero-order chi connectivity index (χ0) is 17.6. The van der Waals surface area contributed by atoms with Crippen LogP contribution in [-0.4, -0.2) is 27.6 Å². The molecule has 2 aromatic carbocycles. The van der Waals surface area contributed by atoms with E-state index in [-0.39, 0.29) is 18.9 Å². The first-order valence-corrected chi connectivity index (χ1v) is 7.88. The molecule has 0 spiro atoms. The first-order chi connectivity index (χ1) is 12.2. The maximum absolute atomic E-state index is 12.2. The monoisotopic (exact) mass is 339 g/mol. The second kappa shape index (κ2) is 7.57. The van der Waals surface area contributed by atoms with Gasteiger partial charge in [-0.25, -0.2) is 4.79 Å². The summed E-state index contributed by atoms with van der Waals surface area (Å²) in [7, 11) is 0. The van der Waals surface area contributed by atoms with E-state index in [1.807, 2.05) is 25.1 Å². The van der Waals surface area contributed by atoms with Crippen molar-refractivity contribution >= 4 is 16.9 Å². The molecule has 3 aromatic rings. The van der Waals surface area contributed by atoms with Crippen LogP contribution in [0.4, 0.5) is 0 Å². The van der Waals surface area contributed by atoms with Crippen LogP contribution >= 0.6 is 0 Å². The molecular formula is C18H17N3O4. The maximum Gasteiger partial charge on any atom is 0.345 e. The van der Waals surface area contributed by atoms with Crippen LogP contribution in [0, 0.1) is 0 Å². The highest BCUT2D eigenvalue weighted by Gasteiger charge is 2.10. The Bertz CT molecular complexity index is 952. The number of ether oxygens (including phenoxy) is 2. The van der Waals surface area contributed by atoms with Gasteiger partial charge in [-0.2, -0.15) is 4.68 Å². The number of para-hydroxylation sites is 1. The molecule has 1 heterocycles. The van der Waals surface area contributed by atoms with Gasteiger partial charge in [0.1, 0.15) is 11.3 Å². The molecule has 0 fully saturated rings. The van der Waals surface area contributed by atoms with Gasteiger partial charge in [0.15, 0.2) is 13.3 Å². The van der Waals surface area contributed by atoms with Crippen LogP contribution in [0.5, 0.6) is 5.75 Å². The Labute approximate surface area is 143 Å². The van der Waals surface area contributed by atoms with E-state index in [0.29, 0.717) is 16.7 Å². The fourth-order valence-electron chi connectivity index (χ4n) is 2.36. The summed E-state index contributed by atoms with van der Waals surface area (Å²) in [5.74, 6) is 0.0531. The summed E-state index contributed by atoms with van der Waals surface area (Å²) in [6.07, 6.45) is 0.799. The lowest BCUT2D eigenvalue weighted by molar-refractivity contribution is -0.150. The van der Waals surface area contributed by atoms with Gasteiger partial charge in [-0.05, 0) is 30.2 Å². The largest absolute Gasteiger partial charge is 0.482 e. The number of carbonyl (C=O) groups excluding carboxylic acids is 1. The Morgan fingerprint density at radius 1 is 1.12 bits per heavy atom. The molecule has 7 nitrogen and oxygen atoms in total. The molecular weight excluding hydrogens is 322 g/mol. The molecule has 3 rings (SSSR count). The van der Waals surface area contributed by atoms with E-state index in [2.05, 4.69) is 10.3 Å². The third-order valence-electron chi connectivity index (χ3n) is 3.68.